The van der Waals surface area contributed by atoms with Gasteiger partial charge in [-0.15, -0.1) is 0 Å². The average molecular weight is 380 g/mol. The lowest BCUT2D eigenvalue weighted by Gasteiger charge is -2.06. The highest BCUT2D eigenvalue weighted by atomic mass is 35.5. The fourth-order valence-corrected chi connectivity index (χ4v) is 3.12. The minimum Gasteiger partial charge on any atom is -0.481 e. The molecule has 0 aromatic heterocycles. The Labute approximate surface area is 152 Å². The molecule has 0 saturated carbocycles. The van der Waals surface area contributed by atoms with E-state index in [0.717, 1.165) is 16.5 Å². The maximum atomic E-state index is 12.1. The molecule has 0 heterocycles. The molecule has 0 bridgehead atoms. The number of rotatable bonds is 8. The van der Waals surface area contributed by atoms with Crippen LogP contribution in [-0.2, 0) is 21.2 Å². The van der Waals surface area contributed by atoms with Crippen LogP contribution in [0.15, 0.2) is 53.9 Å². The van der Waals surface area contributed by atoms with E-state index >= 15 is 0 Å². The molecule has 0 aliphatic rings. The number of hydrogen-bond acceptors (Lipinski definition) is 3. The summed E-state index contributed by atoms with van der Waals surface area (Å²) >= 11 is 5.79. The Balaban J connectivity index is 1.95. The Hall–Kier alpha value is -2.31. The predicted octanol–water partition coefficient (Wildman–Crippen LogP) is 4.16. The molecular formula is C18H18ClNO4S. The maximum absolute atomic E-state index is 12.1. The largest absolute Gasteiger partial charge is 0.481 e. The van der Waals surface area contributed by atoms with Crippen LogP contribution in [0.4, 0.5) is 5.69 Å². The van der Waals surface area contributed by atoms with E-state index in [1.165, 1.54) is 6.08 Å². The summed E-state index contributed by atoms with van der Waals surface area (Å²) in [6.07, 6.45) is 2.78. The van der Waals surface area contributed by atoms with E-state index in [1.807, 2.05) is 0 Å². The lowest BCUT2D eigenvalue weighted by atomic mass is 10.1. The topological polar surface area (TPSA) is 83.5 Å². The molecule has 0 fully saturated rings. The normalized spacial score (nSPS) is 11.6. The van der Waals surface area contributed by atoms with E-state index in [4.69, 9.17) is 16.7 Å². The molecule has 0 aliphatic heterocycles. The lowest BCUT2D eigenvalue weighted by molar-refractivity contribution is -0.137. The van der Waals surface area contributed by atoms with E-state index in [0.29, 0.717) is 23.6 Å². The van der Waals surface area contributed by atoms with Crippen molar-refractivity contribution >= 4 is 39.4 Å². The van der Waals surface area contributed by atoms with E-state index in [-0.39, 0.29) is 6.42 Å². The van der Waals surface area contributed by atoms with E-state index in [2.05, 4.69) is 4.72 Å². The third-order valence-electron chi connectivity index (χ3n) is 3.38. The Bertz CT molecular complexity index is 844. The van der Waals surface area contributed by atoms with Crippen molar-refractivity contribution < 1.29 is 18.3 Å². The zero-order valence-electron chi connectivity index (χ0n) is 13.4. The first-order valence-corrected chi connectivity index (χ1v) is 9.54. The Morgan fingerprint density at radius 2 is 1.72 bits per heavy atom. The summed E-state index contributed by atoms with van der Waals surface area (Å²) in [6.45, 7) is 0. The number of benzene rings is 2. The zero-order valence-corrected chi connectivity index (χ0v) is 14.9. The minimum atomic E-state index is -3.63. The number of halogens is 1. The highest BCUT2D eigenvalue weighted by Crippen LogP contribution is 2.15. The van der Waals surface area contributed by atoms with Crippen LogP contribution in [0.3, 0.4) is 0 Å². The van der Waals surface area contributed by atoms with Crippen LogP contribution in [0.1, 0.15) is 24.0 Å². The number of carboxylic acid groups (broad SMARTS) is 1. The van der Waals surface area contributed by atoms with Gasteiger partial charge in [0.25, 0.3) is 10.0 Å². The van der Waals surface area contributed by atoms with Crippen LogP contribution in [0.5, 0.6) is 0 Å². The molecule has 2 aromatic rings. The summed E-state index contributed by atoms with van der Waals surface area (Å²) in [4.78, 5) is 10.5. The summed E-state index contributed by atoms with van der Waals surface area (Å²) in [5, 5.41) is 10.3. The van der Waals surface area contributed by atoms with Crippen LogP contribution in [-0.4, -0.2) is 19.5 Å². The van der Waals surface area contributed by atoms with Gasteiger partial charge >= 0.3 is 5.97 Å². The molecule has 0 saturated heterocycles. The van der Waals surface area contributed by atoms with Crippen LogP contribution in [0, 0.1) is 0 Å². The molecule has 5 nitrogen and oxygen atoms in total. The maximum Gasteiger partial charge on any atom is 0.303 e. The average Bonchev–Trinajstić information content (AvgIpc) is 2.55. The first kappa shape index (κ1) is 19.0. The molecule has 2 N–H and O–H groups in total. The lowest BCUT2D eigenvalue weighted by Crippen LogP contribution is -2.08. The third-order valence-corrected chi connectivity index (χ3v) is 4.65. The molecule has 2 aromatic carbocycles. The van der Waals surface area contributed by atoms with Gasteiger partial charge in [0, 0.05) is 17.1 Å². The van der Waals surface area contributed by atoms with E-state index in [1.54, 1.807) is 48.5 Å². The molecule has 0 radical (unpaired) electrons. The van der Waals surface area contributed by atoms with Gasteiger partial charge < -0.3 is 5.11 Å². The predicted molar refractivity (Wildman–Crippen MR) is 100 cm³/mol. The second kappa shape index (κ2) is 8.69. The van der Waals surface area contributed by atoms with Crippen LogP contribution < -0.4 is 4.72 Å². The number of hydrogen-bond donors (Lipinski definition) is 2. The number of carbonyl (C=O) groups is 1. The van der Waals surface area contributed by atoms with E-state index in [9.17, 15) is 13.2 Å². The number of carboxylic acids is 1. The number of sulfonamides is 1. The zero-order chi connectivity index (χ0) is 18.3. The summed E-state index contributed by atoms with van der Waals surface area (Å²) in [5.41, 5.74) is 2.13. The number of anilines is 1. The van der Waals surface area contributed by atoms with Crippen LogP contribution >= 0.6 is 11.6 Å². The fraction of sp³-hybridized carbons (Fsp3) is 0.167. The SMILES string of the molecule is O=C(O)CCCc1ccc(NS(=O)(=O)C=Cc2ccc(Cl)cc2)cc1. The van der Waals surface area contributed by atoms with E-state index < -0.39 is 16.0 Å². The standard InChI is InChI=1S/C18H18ClNO4S/c19-16-8-4-15(5-9-16)12-13-25(23,24)20-17-10-6-14(7-11-17)2-1-3-18(21)22/h4-13,20H,1-3H2,(H,21,22). The smallest absolute Gasteiger partial charge is 0.303 e. The highest BCUT2D eigenvalue weighted by molar-refractivity contribution is 7.95. The third kappa shape index (κ3) is 6.99. The molecule has 2 rings (SSSR count). The van der Waals surface area contributed by atoms with Crippen LogP contribution in [0.25, 0.3) is 6.08 Å². The Morgan fingerprint density at radius 1 is 1.08 bits per heavy atom. The molecule has 0 aliphatic carbocycles. The van der Waals surface area contributed by atoms with Crippen molar-refractivity contribution in [2.24, 2.45) is 0 Å². The molecule has 25 heavy (non-hydrogen) atoms. The molecule has 0 amide bonds. The number of nitrogens with one attached hydrogen (secondary N) is 1. The van der Waals surface area contributed by atoms with Gasteiger partial charge in [0.05, 0.1) is 5.41 Å². The van der Waals surface area contributed by atoms with Gasteiger partial charge in [0.15, 0.2) is 0 Å². The van der Waals surface area contributed by atoms with Crippen molar-refractivity contribution in [2.75, 3.05) is 4.72 Å². The summed E-state index contributed by atoms with van der Waals surface area (Å²) in [6, 6.07) is 13.7. The summed E-state index contributed by atoms with van der Waals surface area (Å²) in [5.74, 6) is -0.822. The second-order valence-electron chi connectivity index (χ2n) is 5.45. The fourth-order valence-electron chi connectivity index (χ4n) is 2.12. The highest BCUT2D eigenvalue weighted by Gasteiger charge is 2.06. The minimum absolute atomic E-state index is 0.115. The van der Waals surface area contributed by atoms with Gasteiger partial charge in [0.1, 0.15) is 0 Å². The van der Waals surface area contributed by atoms with Gasteiger partial charge in [-0.3, -0.25) is 9.52 Å². The van der Waals surface area contributed by atoms with Crippen molar-refractivity contribution in [3.05, 3.63) is 70.1 Å². The number of aliphatic carboxylic acids is 1. The first-order valence-electron chi connectivity index (χ1n) is 7.61. The van der Waals surface area contributed by atoms with Crippen molar-refractivity contribution in [2.45, 2.75) is 19.3 Å². The summed E-state index contributed by atoms with van der Waals surface area (Å²) < 4.78 is 26.6. The molecule has 7 heteroatoms. The summed E-state index contributed by atoms with van der Waals surface area (Å²) in [7, 11) is -3.63. The van der Waals surface area contributed by atoms with Gasteiger partial charge in [0.2, 0.25) is 0 Å². The molecule has 0 atom stereocenters. The Morgan fingerprint density at radius 3 is 2.32 bits per heavy atom. The molecule has 132 valence electrons. The van der Waals surface area contributed by atoms with Gasteiger partial charge in [-0.25, -0.2) is 8.42 Å². The number of aryl methyl sites for hydroxylation is 1. The van der Waals surface area contributed by atoms with Crippen molar-refractivity contribution in [1.82, 2.24) is 0 Å². The molecular weight excluding hydrogens is 362 g/mol. The molecule has 0 spiro atoms. The van der Waals surface area contributed by atoms with Gasteiger partial charge in [-0.2, -0.15) is 0 Å². The first-order chi connectivity index (χ1) is 11.8. The molecule has 0 unspecified atom stereocenters. The van der Waals surface area contributed by atoms with Crippen molar-refractivity contribution in [1.29, 1.82) is 0 Å². The second-order valence-corrected chi connectivity index (χ2v) is 7.45. The van der Waals surface area contributed by atoms with Crippen molar-refractivity contribution in [3.8, 4) is 0 Å². The van der Waals surface area contributed by atoms with Crippen molar-refractivity contribution in [3.63, 3.8) is 0 Å². The van der Waals surface area contributed by atoms with Gasteiger partial charge in [-0.05, 0) is 54.3 Å². The van der Waals surface area contributed by atoms with Crippen LogP contribution in [0.2, 0.25) is 5.02 Å². The monoisotopic (exact) mass is 379 g/mol. The quantitative estimate of drug-likeness (QED) is 0.721. The Kier molecular flexibility index (Phi) is 6.61. The van der Waals surface area contributed by atoms with Gasteiger partial charge in [-0.1, -0.05) is 35.9 Å².